The summed E-state index contributed by atoms with van der Waals surface area (Å²) in [6, 6.07) is 7.36. The minimum Gasteiger partial charge on any atom is -0.393 e. The lowest BCUT2D eigenvalue weighted by Crippen LogP contribution is -2.42. The Kier molecular flexibility index (Phi) is 4.76. The molecule has 0 bridgehead atoms. The van der Waals surface area contributed by atoms with E-state index in [1.165, 1.54) is 0 Å². The first-order chi connectivity index (χ1) is 9.58. The number of para-hydroxylation sites is 1. The van der Waals surface area contributed by atoms with Crippen molar-refractivity contribution in [2.75, 3.05) is 6.54 Å². The fraction of sp³-hybridized carbons (Fsp3) is 0.400. The second kappa shape index (κ2) is 6.54. The number of aromatic nitrogens is 1. The molecule has 0 aliphatic rings. The summed E-state index contributed by atoms with van der Waals surface area (Å²) in [6.45, 7) is 2.14. The van der Waals surface area contributed by atoms with Crippen LogP contribution in [0.1, 0.15) is 18.9 Å². The molecule has 20 heavy (non-hydrogen) atoms. The van der Waals surface area contributed by atoms with Crippen LogP contribution in [0.25, 0.3) is 10.9 Å². The highest BCUT2D eigenvalue weighted by Gasteiger charge is 2.15. The number of aliphatic hydroxyl groups excluding tert-OH is 1. The summed E-state index contributed by atoms with van der Waals surface area (Å²) < 4.78 is 0. The first kappa shape index (κ1) is 14.6. The molecule has 2 rings (SSSR count). The van der Waals surface area contributed by atoms with Crippen LogP contribution in [0, 0.1) is 0 Å². The predicted molar refractivity (Wildman–Crippen MR) is 79.3 cm³/mol. The van der Waals surface area contributed by atoms with Gasteiger partial charge in [-0.2, -0.15) is 0 Å². The third kappa shape index (κ3) is 3.59. The van der Waals surface area contributed by atoms with Gasteiger partial charge in [-0.05, 0) is 31.4 Å². The molecule has 2 atom stereocenters. The van der Waals surface area contributed by atoms with Gasteiger partial charge in [0.15, 0.2) is 0 Å². The number of amides is 1. The van der Waals surface area contributed by atoms with E-state index in [4.69, 9.17) is 10.8 Å². The van der Waals surface area contributed by atoms with Crippen molar-refractivity contribution in [3.05, 3.63) is 36.0 Å². The topological polar surface area (TPSA) is 91.1 Å². The highest BCUT2D eigenvalue weighted by atomic mass is 16.3. The molecule has 0 saturated carbocycles. The number of aliphatic hydroxyl groups is 1. The Morgan fingerprint density at radius 2 is 2.20 bits per heavy atom. The van der Waals surface area contributed by atoms with Gasteiger partial charge in [-0.15, -0.1) is 0 Å². The van der Waals surface area contributed by atoms with Crippen LogP contribution in [0.3, 0.4) is 0 Å². The Balaban J connectivity index is 1.93. The number of fused-ring (bicyclic) bond motifs is 1. The highest BCUT2D eigenvalue weighted by molar-refractivity contribution is 5.86. The predicted octanol–water partition coefficient (Wildman–Crippen LogP) is 0.925. The molecule has 1 heterocycles. The van der Waals surface area contributed by atoms with E-state index < -0.39 is 12.1 Å². The molecule has 108 valence electrons. The van der Waals surface area contributed by atoms with Gasteiger partial charge < -0.3 is 21.1 Å². The van der Waals surface area contributed by atoms with Gasteiger partial charge in [0.05, 0.1) is 12.1 Å². The van der Waals surface area contributed by atoms with Crippen LogP contribution in [0.5, 0.6) is 0 Å². The van der Waals surface area contributed by atoms with E-state index >= 15 is 0 Å². The average molecular weight is 275 g/mol. The number of nitrogens with one attached hydrogen (secondary N) is 2. The quantitative estimate of drug-likeness (QED) is 0.632. The molecular weight excluding hydrogens is 254 g/mol. The van der Waals surface area contributed by atoms with Crippen molar-refractivity contribution in [3.8, 4) is 0 Å². The van der Waals surface area contributed by atoms with Crippen molar-refractivity contribution in [1.29, 1.82) is 0 Å². The van der Waals surface area contributed by atoms with Gasteiger partial charge in [0.25, 0.3) is 0 Å². The summed E-state index contributed by atoms with van der Waals surface area (Å²) in [7, 11) is 0. The third-order valence-electron chi connectivity index (χ3n) is 3.31. The van der Waals surface area contributed by atoms with Gasteiger partial charge >= 0.3 is 0 Å². The van der Waals surface area contributed by atoms with E-state index in [0.717, 1.165) is 16.5 Å². The molecule has 5 nitrogen and oxygen atoms in total. The maximum absolute atomic E-state index is 11.9. The van der Waals surface area contributed by atoms with Gasteiger partial charge in [0.2, 0.25) is 5.91 Å². The van der Waals surface area contributed by atoms with Crippen LogP contribution in [0.15, 0.2) is 30.5 Å². The maximum atomic E-state index is 11.9. The van der Waals surface area contributed by atoms with Gasteiger partial charge in [-0.1, -0.05) is 18.2 Å². The average Bonchev–Trinajstić information content (AvgIpc) is 2.81. The number of aromatic amines is 1. The van der Waals surface area contributed by atoms with Crippen molar-refractivity contribution in [3.63, 3.8) is 0 Å². The molecule has 0 fully saturated rings. The zero-order valence-electron chi connectivity index (χ0n) is 11.6. The van der Waals surface area contributed by atoms with Crippen molar-refractivity contribution in [1.82, 2.24) is 10.3 Å². The van der Waals surface area contributed by atoms with E-state index in [9.17, 15) is 4.79 Å². The van der Waals surface area contributed by atoms with Crippen molar-refractivity contribution < 1.29 is 9.90 Å². The zero-order chi connectivity index (χ0) is 14.5. The van der Waals surface area contributed by atoms with E-state index in [0.29, 0.717) is 19.4 Å². The fourth-order valence-electron chi connectivity index (χ4n) is 2.17. The number of hydrogen-bond donors (Lipinski definition) is 4. The maximum Gasteiger partial charge on any atom is 0.237 e. The smallest absolute Gasteiger partial charge is 0.237 e. The molecule has 0 radical (unpaired) electrons. The van der Waals surface area contributed by atoms with Gasteiger partial charge in [0.1, 0.15) is 0 Å². The Labute approximate surface area is 118 Å². The van der Waals surface area contributed by atoms with Gasteiger partial charge in [-0.3, -0.25) is 4.79 Å². The lowest BCUT2D eigenvalue weighted by atomic mass is 10.1. The molecule has 1 amide bonds. The normalized spacial score (nSPS) is 14.2. The standard InChI is InChI=1S/C15H21N3O2/c1-10(19)6-7-17-15(20)13(16)8-11-9-18-14-5-3-2-4-12(11)14/h2-5,9-10,13,18-19H,6-8,16H2,1H3,(H,17,20)/t10?,13-/m1/s1. The largest absolute Gasteiger partial charge is 0.393 e. The molecule has 1 aromatic heterocycles. The van der Waals surface area contributed by atoms with Gasteiger partial charge in [0, 0.05) is 23.6 Å². The number of rotatable bonds is 6. The summed E-state index contributed by atoms with van der Waals surface area (Å²) in [5.41, 5.74) is 8.01. The first-order valence-corrected chi connectivity index (χ1v) is 6.84. The third-order valence-corrected chi connectivity index (χ3v) is 3.31. The number of carbonyl (C=O) groups is 1. The van der Waals surface area contributed by atoms with Crippen LogP contribution in [0.2, 0.25) is 0 Å². The Morgan fingerprint density at radius 1 is 1.45 bits per heavy atom. The molecule has 0 aliphatic heterocycles. The number of H-pyrrole nitrogens is 1. The lowest BCUT2D eigenvalue weighted by Gasteiger charge is -2.12. The number of hydrogen-bond acceptors (Lipinski definition) is 3. The highest BCUT2D eigenvalue weighted by Crippen LogP contribution is 2.18. The van der Waals surface area contributed by atoms with E-state index in [1.807, 2.05) is 30.5 Å². The molecule has 0 spiro atoms. The number of carbonyl (C=O) groups excluding carboxylic acids is 1. The molecular formula is C15H21N3O2. The fourth-order valence-corrected chi connectivity index (χ4v) is 2.17. The van der Waals surface area contributed by atoms with E-state index in [1.54, 1.807) is 6.92 Å². The first-order valence-electron chi connectivity index (χ1n) is 6.84. The molecule has 2 aromatic rings. The van der Waals surface area contributed by atoms with Crippen molar-refractivity contribution in [2.45, 2.75) is 31.9 Å². The van der Waals surface area contributed by atoms with Crippen LogP contribution in [0.4, 0.5) is 0 Å². The summed E-state index contributed by atoms with van der Waals surface area (Å²) in [4.78, 5) is 15.0. The summed E-state index contributed by atoms with van der Waals surface area (Å²) in [5, 5.41) is 13.0. The molecule has 0 aliphatic carbocycles. The Morgan fingerprint density at radius 3 is 2.95 bits per heavy atom. The minimum atomic E-state index is -0.580. The molecule has 1 aromatic carbocycles. The number of nitrogens with two attached hydrogens (primary N) is 1. The minimum absolute atomic E-state index is 0.184. The monoisotopic (exact) mass is 275 g/mol. The van der Waals surface area contributed by atoms with Crippen LogP contribution in [-0.4, -0.2) is 34.7 Å². The lowest BCUT2D eigenvalue weighted by molar-refractivity contribution is -0.122. The van der Waals surface area contributed by atoms with E-state index in [2.05, 4.69) is 10.3 Å². The SMILES string of the molecule is CC(O)CCNC(=O)[C@H](N)Cc1c[nH]c2ccccc12. The molecule has 5 heteroatoms. The second-order valence-electron chi connectivity index (χ2n) is 5.10. The summed E-state index contributed by atoms with van der Waals surface area (Å²) in [6.07, 6.45) is 2.50. The summed E-state index contributed by atoms with van der Waals surface area (Å²) in [5.74, 6) is -0.184. The van der Waals surface area contributed by atoms with Crippen molar-refractivity contribution in [2.24, 2.45) is 5.73 Å². The Bertz CT molecular complexity index is 577. The second-order valence-corrected chi connectivity index (χ2v) is 5.10. The van der Waals surface area contributed by atoms with Crippen LogP contribution >= 0.6 is 0 Å². The molecule has 5 N–H and O–H groups in total. The molecule has 1 unspecified atom stereocenters. The zero-order valence-corrected chi connectivity index (χ0v) is 11.6. The van der Waals surface area contributed by atoms with Crippen LogP contribution < -0.4 is 11.1 Å². The molecule has 0 saturated heterocycles. The van der Waals surface area contributed by atoms with Crippen molar-refractivity contribution >= 4 is 16.8 Å². The Hall–Kier alpha value is -1.85. The van der Waals surface area contributed by atoms with E-state index in [-0.39, 0.29) is 5.91 Å². The van der Waals surface area contributed by atoms with Crippen LogP contribution in [-0.2, 0) is 11.2 Å². The van der Waals surface area contributed by atoms with Gasteiger partial charge in [-0.25, -0.2) is 0 Å². The number of benzene rings is 1. The summed E-state index contributed by atoms with van der Waals surface area (Å²) >= 11 is 0.